The van der Waals surface area contributed by atoms with Crippen LogP contribution in [0.4, 0.5) is 0 Å². The summed E-state index contributed by atoms with van der Waals surface area (Å²) in [5, 5.41) is 2.02. The lowest BCUT2D eigenvalue weighted by atomic mass is 10.2. The minimum Gasteiger partial charge on any atom is -0.460 e. The molecule has 0 atom stereocenters. The van der Waals surface area contributed by atoms with E-state index in [-0.39, 0.29) is 5.97 Å². The van der Waals surface area contributed by atoms with Crippen LogP contribution >= 0.6 is 11.3 Å². The number of hydrogen-bond donors (Lipinski definition) is 0. The monoisotopic (exact) mass is 278 g/mol. The summed E-state index contributed by atoms with van der Waals surface area (Å²) in [5.41, 5.74) is -0.428. The molecular weight excluding hydrogens is 260 g/mol. The lowest BCUT2D eigenvalue weighted by Gasteiger charge is -2.19. The van der Waals surface area contributed by atoms with Gasteiger partial charge in [-0.1, -0.05) is 6.07 Å². The first-order valence-electron chi connectivity index (χ1n) is 6.22. The molecule has 2 aromatic rings. The van der Waals surface area contributed by atoms with Gasteiger partial charge in [0.1, 0.15) is 11.4 Å². The van der Waals surface area contributed by atoms with Crippen molar-refractivity contribution >= 4 is 17.3 Å². The number of imidazole rings is 1. The van der Waals surface area contributed by atoms with Gasteiger partial charge < -0.3 is 9.30 Å². The second-order valence-electron chi connectivity index (χ2n) is 5.26. The van der Waals surface area contributed by atoms with E-state index in [0.29, 0.717) is 13.0 Å². The molecule has 0 aliphatic heterocycles. The van der Waals surface area contributed by atoms with Gasteiger partial charge >= 0.3 is 5.97 Å². The molecule has 0 aliphatic rings. The molecular formula is C14H18N2O2S. The SMILES string of the molecule is CC(C)(C)OC(=O)CCn1ccnc1-c1cccs1. The maximum Gasteiger partial charge on any atom is 0.308 e. The van der Waals surface area contributed by atoms with Gasteiger partial charge in [-0.05, 0) is 32.2 Å². The van der Waals surface area contributed by atoms with E-state index in [2.05, 4.69) is 4.98 Å². The summed E-state index contributed by atoms with van der Waals surface area (Å²) in [6.07, 6.45) is 4.00. The Morgan fingerprint density at radius 3 is 2.89 bits per heavy atom. The third-order valence-electron chi connectivity index (χ3n) is 2.43. The second kappa shape index (κ2) is 5.57. The fourth-order valence-corrected chi connectivity index (χ4v) is 2.46. The van der Waals surface area contributed by atoms with Gasteiger partial charge in [0.2, 0.25) is 0 Å². The van der Waals surface area contributed by atoms with E-state index in [1.54, 1.807) is 17.5 Å². The average molecular weight is 278 g/mol. The molecule has 0 aliphatic carbocycles. The van der Waals surface area contributed by atoms with Crippen LogP contribution in [0.2, 0.25) is 0 Å². The number of carbonyl (C=O) groups excluding carboxylic acids is 1. The van der Waals surface area contributed by atoms with E-state index in [1.165, 1.54) is 0 Å². The molecule has 2 heterocycles. The lowest BCUT2D eigenvalue weighted by Crippen LogP contribution is -2.24. The van der Waals surface area contributed by atoms with Crippen LogP contribution in [-0.4, -0.2) is 21.1 Å². The molecule has 0 N–H and O–H groups in total. The normalized spacial score (nSPS) is 11.5. The van der Waals surface area contributed by atoms with Crippen molar-refractivity contribution in [3.63, 3.8) is 0 Å². The van der Waals surface area contributed by atoms with Crippen molar-refractivity contribution < 1.29 is 9.53 Å². The van der Waals surface area contributed by atoms with E-state index in [4.69, 9.17) is 4.74 Å². The van der Waals surface area contributed by atoms with Crippen LogP contribution in [-0.2, 0) is 16.1 Å². The number of rotatable bonds is 4. The Bertz CT molecular complexity index is 538. The van der Waals surface area contributed by atoms with Crippen LogP contribution in [0.3, 0.4) is 0 Å². The smallest absolute Gasteiger partial charge is 0.308 e. The van der Waals surface area contributed by atoms with Gasteiger partial charge in [0.15, 0.2) is 0 Å². The number of aryl methyl sites for hydroxylation is 1. The molecule has 0 bridgehead atoms. The van der Waals surface area contributed by atoms with Crippen LogP contribution in [0.5, 0.6) is 0 Å². The predicted octanol–water partition coefficient (Wildman–Crippen LogP) is 3.34. The Kier molecular flexibility index (Phi) is 4.04. The highest BCUT2D eigenvalue weighted by atomic mass is 32.1. The van der Waals surface area contributed by atoms with E-state index in [9.17, 15) is 4.79 Å². The Hall–Kier alpha value is -1.62. The highest BCUT2D eigenvalue weighted by Crippen LogP contribution is 2.23. The summed E-state index contributed by atoms with van der Waals surface area (Å²) >= 11 is 1.64. The number of hydrogen-bond acceptors (Lipinski definition) is 4. The third kappa shape index (κ3) is 3.92. The van der Waals surface area contributed by atoms with Crippen LogP contribution in [0.1, 0.15) is 27.2 Å². The zero-order chi connectivity index (χ0) is 13.9. The van der Waals surface area contributed by atoms with Crippen molar-refractivity contribution in [1.29, 1.82) is 0 Å². The molecule has 4 nitrogen and oxygen atoms in total. The van der Waals surface area contributed by atoms with Crippen molar-refractivity contribution in [2.45, 2.75) is 39.3 Å². The summed E-state index contributed by atoms with van der Waals surface area (Å²) in [6.45, 7) is 6.21. The minimum absolute atomic E-state index is 0.182. The van der Waals surface area contributed by atoms with Crippen LogP contribution < -0.4 is 0 Å². The molecule has 0 saturated carbocycles. The number of thiophene rings is 1. The number of carbonyl (C=O) groups is 1. The van der Waals surface area contributed by atoms with Crippen LogP contribution in [0.15, 0.2) is 29.9 Å². The standard InChI is InChI=1S/C14H18N2O2S/c1-14(2,3)18-12(17)6-8-16-9-7-15-13(16)11-5-4-10-19-11/h4-5,7,9-10H,6,8H2,1-3H3. The summed E-state index contributed by atoms with van der Waals surface area (Å²) < 4.78 is 7.28. The molecule has 0 saturated heterocycles. The summed E-state index contributed by atoms with van der Waals surface area (Å²) in [4.78, 5) is 17.1. The Morgan fingerprint density at radius 2 is 2.26 bits per heavy atom. The fourth-order valence-electron chi connectivity index (χ4n) is 1.72. The largest absolute Gasteiger partial charge is 0.460 e. The lowest BCUT2D eigenvalue weighted by molar-refractivity contribution is -0.155. The molecule has 0 spiro atoms. The van der Waals surface area contributed by atoms with Gasteiger partial charge in [0, 0.05) is 18.9 Å². The van der Waals surface area contributed by atoms with Crippen molar-refractivity contribution in [3.8, 4) is 10.7 Å². The molecule has 102 valence electrons. The van der Waals surface area contributed by atoms with Crippen molar-refractivity contribution in [2.24, 2.45) is 0 Å². The van der Waals surface area contributed by atoms with Gasteiger partial charge in [-0.3, -0.25) is 4.79 Å². The number of aromatic nitrogens is 2. The van der Waals surface area contributed by atoms with E-state index in [0.717, 1.165) is 10.7 Å². The second-order valence-corrected chi connectivity index (χ2v) is 6.21. The molecule has 2 rings (SSSR count). The molecule has 0 radical (unpaired) electrons. The van der Waals surface area contributed by atoms with Gasteiger partial charge in [-0.15, -0.1) is 11.3 Å². The van der Waals surface area contributed by atoms with Crippen LogP contribution in [0.25, 0.3) is 10.7 Å². The first-order chi connectivity index (χ1) is 8.96. The minimum atomic E-state index is -0.428. The molecule has 0 fully saturated rings. The number of esters is 1. The number of nitrogens with zero attached hydrogens (tertiary/aromatic N) is 2. The Morgan fingerprint density at radius 1 is 1.47 bits per heavy atom. The fraction of sp³-hybridized carbons (Fsp3) is 0.429. The molecule has 0 unspecified atom stereocenters. The third-order valence-corrected chi connectivity index (χ3v) is 3.30. The quantitative estimate of drug-likeness (QED) is 0.806. The zero-order valence-electron chi connectivity index (χ0n) is 11.4. The molecule has 5 heteroatoms. The van der Waals surface area contributed by atoms with Gasteiger partial charge in [0.05, 0.1) is 11.3 Å². The van der Waals surface area contributed by atoms with Crippen LogP contribution in [0, 0.1) is 0 Å². The summed E-state index contributed by atoms with van der Waals surface area (Å²) in [7, 11) is 0. The molecule has 2 aromatic heterocycles. The zero-order valence-corrected chi connectivity index (χ0v) is 12.2. The van der Waals surface area contributed by atoms with Crippen molar-refractivity contribution in [2.75, 3.05) is 0 Å². The summed E-state index contributed by atoms with van der Waals surface area (Å²) in [5.74, 6) is 0.719. The average Bonchev–Trinajstić information content (AvgIpc) is 2.94. The molecule has 0 aromatic carbocycles. The van der Waals surface area contributed by atoms with Gasteiger partial charge in [0.25, 0.3) is 0 Å². The molecule has 0 amide bonds. The molecule has 19 heavy (non-hydrogen) atoms. The highest BCUT2D eigenvalue weighted by Gasteiger charge is 2.16. The van der Waals surface area contributed by atoms with E-state index >= 15 is 0 Å². The topological polar surface area (TPSA) is 44.1 Å². The maximum absolute atomic E-state index is 11.7. The highest BCUT2D eigenvalue weighted by molar-refractivity contribution is 7.13. The maximum atomic E-state index is 11.7. The van der Waals surface area contributed by atoms with E-state index in [1.807, 2.05) is 49.0 Å². The van der Waals surface area contributed by atoms with Gasteiger partial charge in [-0.25, -0.2) is 4.98 Å². The number of ether oxygens (including phenoxy) is 1. The first-order valence-corrected chi connectivity index (χ1v) is 7.10. The van der Waals surface area contributed by atoms with Gasteiger partial charge in [-0.2, -0.15) is 0 Å². The van der Waals surface area contributed by atoms with Crippen molar-refractivity contribution in [3.05, 3.63) is 29.9 Å². The Balaban J connectivity index is 1.98. The summed E-state index contributed by atoms with van der Waals surface area (Å²) in [6, 6.07) is 4.02. The predicted molar refractivity (Wildman–Crippen MR) is 76.0 cm³/mol. The van der Waals surface area contributed by atoms with E-state index < -0.39 is 5.60 Å². The van der Waals surface area contributed by atoms with Crippen molar-refractivity contribution in [1.82, 2.24) is 9.55 Å². The Labute approximate surface area is 117 Å². The first kappa shape index (κ1) is 13.8.